The van der Waals surface area contributed by atoms with Gasteiger partial charge in [0.2, 0.25) is 11.8 Å². The Labute approximate surface area is 155 Å². The lowest BCUT2D eigenvalue weighted by Crippen LogP contribution is -2.47. The van der Waals surface area contributed by atoms with Crippen LogP contribution in [0.3, 0.4) is 0 Å². The second-order valence-electron chi connectivity index (χ2n) is 8.43. The van der Waals surface area contributed by atoms with Crippen molar-refractivity contribution in [1.82, 2.24) is 10.2 Å². The SMILES string of the molecule is Cc1cc(C)cc(N2CCC(C(=O)N3CCC4(CCNC4)CC3)C2=O)c1. The standard InChI is InChI=1S/C21H29N3O2/c1-15-11-16(2)13-17(12-15)24-8-3-18(20(24)26)19(25)23-9-5-21(6-10-23)4-7-22-14-21/h11-13,18,22H,3-10,14H2,1-2H3. The van der Waals surface area contributed by atoms with Crippen molar-refractivity contribution in [2.75, 3.05) is 37.6 Å². The van der Waals surface area contributed by atoms with Gasteiger partial charge in [-0.25, -0.2) is 0 Å². The fourth-order valence-corrected chi connectivity index (χ4v) is 4.92. The number of aryl methyl sites for hydroxylation is 2. The number of rotatable bonds is 2. The van der Waals surface area contributed by atoms with E-state index >= 15 is 0 Å². The Morgan fingerprint density at radius 3 is 2.38 bits per heavy atom. The van der Waals surface area contributed by atoms with Crippen LogP contribution in [0.2, 0.25) is 0 Å². The number of hydrogen-bond acceptors (Lipinski definition) is 3. The Hall–Kier alpha value is -1.88. The van der Waals surface area contributed by atoms with Gasteiger partial charge < -0.3 is 15.1 Å². The molecule has 5 nitrogen and oxygen atoms in total. The molecule has 140 valence electrons. The van der Waals surface area contributed by atoms with Crippen LogP contribution in [0.15, 0.2) is 18.2 Å². The molecule has 0 radical (unpaired) electrons. The van der Waals surface area contributed by atoms with Crippen LogP contribution >= 0.6 is 0 Å². The summed E-state index contributed by atoms with van der Waals surface area (Å²) in [6.45, 7) is 8.50. The second-order valence-corrected chi connectivity index (χ2v) is 8.43. The largest absolute Gasteiger partial charge is 0.342 e. The average Bonchev–Trinajstić information content (AvgIpc) is 3.21. The van der Waals surface area contributed by atoms with Gasteiger partial charge in [0.15, 0.2) is 0 Å². The topological polar surface area (TPSA) is 52.7 Å². The number of anilines is 1. The predicted molar refractivity (Wildman–Crippen MR) is 102 cm³/mol. The molecule has 0 aliphatic carbocycles. The summed E-state index contributed by atoms with van der Waals surface area (Å²) in [5, 5.41) is 3.46. The molecule has 2 amide bonds. The van der Waals surface area contributed by atoms with Crippen LogP contribution in [-0.4, -0.2) is 49.4 Å². The Balaban J connectivity index is 1.42. The van der Waals surface area contributed by atoms with Crippen LogP contribution < -0.4 is 10.2 Å². The van der Waals surface area contributed by atoms with Crippen molar-refractivity contribution in [2.24, 2.45) is 11.3 Å². The highest BCUT2D eigenvalue weighted by molar-refractivity contribution is 6.09. The maximum atomic E-state index is 13.0. The molecule has 3 aliphatic rings. The van der Waals surface area contributed by atoms with Crippen molar-refractivity contribution in [3.05, 3.63) is 29.3 Å². The van der Waals surface area contributed by atoms with Crippen molar-refractivity contribution in [3.63, 3.8) is 0 Å². The molecule has 1 aromatic carbocycles. The molecule has 0 aromatic heterocycles. The van der Waals surface area contributed by atoms with E-state index in [0.29, 0.717) is 18.4 Å². The van der Waals surface area contributed by atoms with E-state index < -0.39 is 5.92 Å². The van der Waals surface area contributed by atoms with E-state index in [-0.39, 0.29) is 11.8 Å². The van der Waals surface area contributed by atoms with Crippen molar-refractivity contribution in [2.45, 2.75) is 39.5 Å². The van der Waals surface area contributed by atoms with E-state index in [9.17, 15) is 9.59 Å². The van der Waals surface area contributed by atoms with Crippen LogP contribution in [0.25, 0.3) is 0 Å². The molecule has 1 unspecified atom stereocenters. The molecule has 26 heavy (non-hydrogen) atoms. The smallest absolute Gasteiger partial charge is 0.239 e. The number of carbonyl (C=O) groups is 2. The average molecular weight is 355 g/mol. The number of hydrogen-bond donors (Lipinski definition) is 1. The molecule has 3 heterocycles. The Morgan fingerprint density at radius 2 is 1.77 bits per heavy atom. The van der Waals surface area contributed by atoms with Gasteiger partial charge in [-0.1, -0.05) is 6.07 Å². The molecular formula is C21H29N3O2. The van der Waals surface area contributed by atoms with Gasteiger partial charge in [0.1, 0.15) is 5.92 Å². The third kappa shape index (κ3) is 3.13. The van der Waals surface area contributed by atoms with E-state index in [1.165, 1.54) is 6.42 Å². The minimum Gasteiger partial charge on any atom is -0.342 e. The van der Waals surface area contributed by atoms with Gasteiger partial charge in [-0.3, -0.25) is 9.59 Å². The molecule has 1 N–H and O–H groups in total. The van der Waals surface area contributed by atoms with Gasteiger partial charge in [0.25, 0.3) is 0 Å². The lowest BCUT2D eigenvalue weighted by Gasteiger charge is -2.39. The van der Waals surface area contributed by atoms with Gasteiger partial charge >= 0.3 is 0 Å². The number of amides is 2. The number of benzene rings is 1. The van der Waals surface area contributed by atoms with Crippen LogP contribution in [0.1, 0.15) is 36.8 Å². The zero-order valence-corrected chi connectivity index (χ0v) is 15.9. The Bertz CT molecular complexity index is 694. The molecule has 1 spiro atoms. The summed E-state index contributed by atoms with van der Waals surface area (Å²) in [6, 6.07) is 6.18. The molecule has 0 bridgehead atoms. The number of carbonyl (C=O) groups excluding carboxylic acids is 2. The van der Waals surface area contributed by atoms with Gasteiger partial charge in [0, 0.05) is 31.9 Å². The highest BCUT2D eigenvalue weighted by Crippen LogP contribution is 2.38. The fraction of sp³-hybridized carbons (Fsp3) is 0.619. The molecule has 3 fully saturated rings. The number of nitrogens with zero attached hydrogens (tertiary/aromatic N) is 2. The number of likely N-dealkylation sites (tertiary alicyclic amines) is 1. The van der Waals surface area contributed by atoms with Crippen molar-refractivity contribution in [3.8, 4) is 0 Å². The van der Waals surface area contributed by atoms with Gasteiger partial charge in [-0.05, 0) is 74.8 Å². The molecule has 1 atom stereocenters. The van der Waals surface area contributed by atoms with E-state index in [2.05, 4.69) is 11.4 Å². The minimum absolute atomic E-state index is 0.0252. The maximum Gasteiger partial charge on any atom is 0.239 e. The number of nitrogens with one attached hydrogen (secondary N) is 1. The van der Waals surface area contributed by atoms with Crippen molar-refractivity contribution < 1.29 is 9.59 Å². The van der Waals surface area contributed by atoms with Crippen molar-refractivity contribution in [1.29, 1.82) is 0 Å². The third-order valence-corrected chi connectivity index (χ3v) is 6.49. The summed E-state index contributed by atoms with van der Waals surface area (Å²) < 4.78 is 0. The summed E-state index contributed by atoms with van der Waals surface area (Å²) in [5.41, 5.74) is 3.61. The maximum absolute atomic E-state index is 13.0. The predicted octanol–water partition coefficient (Wildman–Crippen LogP) is 2.26. The quantitative estimate of drug-likeness (QED) is 0.828. The normalized spacial score (nSPS) is 25.3. The summed E-state index contributed by atoms with van der Waals surface area (Å²) in [6.07, 6.45) is 3.98. The van der Waals surface area contributed by atoms with Crippen LogP contribution in [0, 0.1) is 25.2 Å². The summed E-state index contributed by atoms with van der Waals surface area (Å²) in [4.78, 5) is 29.7. The molecule has 3 saturated heterocycles. The van der Waals surface area contributed by atoms with Crippen LogP contribution in [0.4, 0.5) is 5.69 Å². The van der Waals surface area contributed by atoms with E-state index in [1.54, 1.807) is 4.90 Å². The van der Waals surface area contributed by atoms with E-state index in [1.807, 2.05) is 30.9 Å². The highest BCUT2D eigenvalue weighted by Gasteiger charge is 2.43. The first-order chi connectivity index (χ1) is 12.5. The van der Waals surface area contributed by atoms with Crippen LogP contribution in [0.5, 0.6) is 0 Å². The first-order valence-electron chi connectivity index (χ1n) is 9.87. The molecule has 3 aliphatic heterocycles. The minimum atomic E-state index is -0.494. The molecule has 4 rings (SSSR count). The lowest BCUT2D eigenvalue weighted by molar-refractivity contribution is -0.141. The van der Waals surface area contributed by atoms with E-state index in [4.69, 9.17) is 0 Å². The first kappa shape index (κ1) is 17.5. The Morgan fingerprint density at radius 1 is 1.08 bits per heavy atom. The number of piperidine rings is 1. The first-order valence-corrected chi connectivity index (χ1v) is 9.87. The second kappa shape index (κ2) is 6.69. The summed E-state index contributed by atoms with van der Waals surface area (Å²) >= 11 is 0. The molecule has 5 heteroatoms. The molecule has 0 saturated carbocycles. The zero-order valence-electron chi connectivity index (χ0n) is 15.9. The van der Waals surface area contributed by atoms with Gasteiger partial charge in [-0.2, -0.15) is 0 Å². The summed E-state index contributed by atoms with van der Waals surface area (Å²) in [5.74, 6) is -0.475. The summed E-state index contributed by atoms with van der Waals surface area (Å²) in [7, 11) is 0. The van der Waals surface area contributed by atoms with Gasteiger partial charge in [-0.15, -0.1) is 0 Å². The third-order valence-electron chi connectivity index (χ3n) is 6.49. The lowest BCUT2D eigenvalue weighted by atomic mass is 9.77. The fourth-order valence-electron chi connectivity index (χ4n) is 4.92. The van der Waals surface area contributed by atoms with Crippen molar-refractivity contribution >= 4 is 17.5 Å². The van der Waals surface area contributed by atoms with E-state index in [0.717, 1.165) is 55.8 Å². The molecular weight excluding hydrogens is 326 g/mol. The van der Waals surface area contributed by atoms with Crippen LogP contribution in [-0.2, 0) is 9.59 Å². The molecule has 1 aromatic rings. The zero-order chi connectivity index (χ0) is 18.3. The highest BCUT2D eigenvalue weighted by atomic mass is 16.2. The monoisotopic (exact) mass is 355 g/mol. The van der Waals surface area contributed by atoms with Gasteiger partial charge in [0.05, 0.1) is 0 Å². The Kier molecular flexibility index (Phi) is 4.51.